The minimum absolute atomic E-state index is 0.122. The Morgan fingerprint density at radius 3 is 2.44 bits per heavy atom. The number of carbonyl (C=O) groups excluding carboxylic acids is 2. The fourth-order valence-electron chi connectivity index (χ4n) is 3.01. The maximum Gasteiger partial charge on any atom is 0.271 e. The third kappa shape index (κ3) is 6.36. The number of carbonyl (C=O) groups is 2. The lowest BCUT2D eigenvalue weighted by Crippen LogP contribution is -2.50. The number of nitrogens with zero attached hydrogens (tertiary/aromatic N) is 1. The summed E-state index contributed by atoms with van der Waals surface area (Å²) in [6.07, 6.45) is -0.582. The van der Waals surface area contributed by atoms with E-state index in [1.807, 2.05) is 54.6 Å². The zero-order chi connectivity index (χ0) is 23.1. The Labute approximate surface area is 190 Å². The van der Waals surface area contributed by atoms with Crippen molar-refractivity contribution in [2.75, 3.05) is 0 Å². The summed E-state index contributed by atoms with van der Waals surface area (Å²) < 4.78 is 5.79. The Hall–Kier alpha value is -3.27. The third-order valence-electron chi connectivity index (χ3n) is 4.77. The van der Waals surface area contributed by atoms with Gasteiger partial charge < -0.3 is 26.6 Å². The number of aliphatic hydroxyl groups excluding tert-OH is 1. The van der Waals surface area contributed by atoms with E-state index in [0.717, 1.165) is 16.9 Å². The van der Waals surface area contributed by atoms with E-state index >= 15 is 0 Å². The number of hydrogen-bond acceptors (Lipinski definition) is 7. The molecule has 2 amide bonds. The van der Waals surface area contributed by atoms with Crippen LogP contribution in [0.4, 0.5) is 0 Å². The van der Waals surface area contributed by atoms with Crippen LogP contribution in [-0.4, -0.2) is 34.1 Å². The highest BCUT2D eigenvalue weighted by atomic mass is 32.1. The number of ether oxygens (including phenoxy) is 1. The Morgan fingerprint density at radius 1 is 1.12 bits per heavy atom. The average Bonchev–Trinajstić information content (AvgIpc) is 3.28. The molecule has 2 aromatic carbocycles. The lowest BCUT2D eigenvalue weighted by Gasteiger charge is -2.17. The molecule has 9 heteroatoms. The number of amides is 2. The molecule has 1 aromatic heterocycles. The molecule has 6 N–H and O–H groups in total. The first-order valence-corrected chi connectivity index (χ1v) is 11.0. The van der Waals surface area contributed by atoms with Gasteiger partial charge in [0.05, 0.1) is 12.1 Å². The molecule has 3 rings (SSSR count). The number of hydrogen-bond donors (Lipinski definition) is 4. The fraction of sp³-hybridized carbons (Fsp3) is 0.261. The number of thiazole rings is 1. The maximum atomic E-state index is 12.3. The number of rotatable bonds is 10. The smallest absolute Gasteiger partial charge is 0.271 e. The molecule has 0 radical (unpaired) electrons. The van der Waals surface area contributed by atoms with E-state index in [9.17, 15) is 14.7 Å². The molecule has 32 heavy (non-hydrogen) atoms. The number of primary amides is 1. The van der Waals surface area contributed by atoms with Crippen molar-refractivity contribution in [1.82, 2.24) is 10.3 Å². The minimum atomic E-state index is -1.19. The highest BCUT2D eigenvalue weighted by Crippen LogP contribution is 2.22. The first-order chi connectivity index (χ1) is 15.3. The van der Waals surface area contributed by atoms with Crippen LogP contribution in [0, 0.1) is 0 Å². The predicted octanol–water partition coefficient (Wildman–Crippen LogP) is 1.93. The van der Waals surface area contributed by atoms with Crippen molar-refractivity contribution in [3.05, 3.63) is 81.8 Å². The first-order valence-electron chi connectivity index (χ1n) is 10.1. The summed E-state index contributed by atoms with van der Waals surface area (Å²) in [5.74, 6) is -0.650. The zero-order valence-electron chi connectivity index (χ0n) is 17.6. The van der Waals surface area contributed by atoms with Gasteiger partial charge in [-0.3, -0.25) is 9.59 Å². The molecule has 0 fully saturated rings. The molecule has 0 spiro atoms. The molecule has 0 saturated carbocycles. The third-order valence-corrected chi connectivity index (χ3v) is 5.75. The van der Waals surface area contributed by atoms with Crippen LogP contribution in [0.3, 0.4) is 0 Å². The van der Waals surface area contributed by atoms with E-state index in [-0.39, 0.29) is 5.69 Å². The van der Waals surface area contributed by atoms with Crippen LogP contribution >= 0.6 is 11.3 Å². The molecular weight excluding hydrogens is 428 g/mol. The van der Waals surface area contributed by atoms with E-state index in [1.54, 1.807) is 5.38 Å². The molecule has 0 aliphatic heterocycles. The van der Waals surface area contributed by atoms with Gasteiger partial charge in [-0.25, -0.2) is 4.98 Å². The van der Waals surface area contributed by atoms with Gasteiger partial charge >= 0.3 is 0 Å². The van der Waals surface area contributed by atoms with Crippen LogP contribution in [-0.2, 0) is 17.8 Å². The van der Waals surface area contributed by atoms with Crippen molar-refractivity contribution in [3.8, 4) is 5.75 Å². The van der Waals surface area contributed by atoms with Gasteiger partial charge in [-0.2, -0.15) is 0 Å². The van der Waals surface area contributed by atoms with Crippen molar-refractivity contribution < 1.29 is 19.4 Å². The largest absolute Gasteiger partial charge is 0.489 e. The van der Waals surface area contributed by atoms with Gasteiger partial charge in [0, 0.05) is 5.38 Å². The van der Waals surface area contributed by atoms with Crippen molar-refractivity contribution in [2.45, 2.75) is 38.1 Å². The van der Waals surface area contributed by atoms with E-state index in [4.69, 9.17) is 16.2 Å². The molecular formula is C23H26N4O4S. The van der Waals surface area contributed by atoms with Gasteiger partial charge in [0.25, 0.3) is 5.91 Å². The second kappa shape index (κ2) is 10.9. The van der Waals surface area contributed by atoms with Crippen LogP contribution in [0.1, 0.15) is 39.6 Å². The molecule has 3 aromatic rings. The summed E-state index contributed by atoms with van der Waals surface area (Å²) in [5.41, 5.74) is 13.7. The van der Waals surface area contributed by atoms with Crippen molar-refractivity contribution in [2.24, 2.45) is 11.5 Å². The average molecular weight is 455 g/mol. The molecule has 8 nitrogen and oxygen atoms in total. The Bertz CT molecular complexity index is 1040. The predicted molar refractivity (Wildman–Crippen MR) is 122 cm³/mol. The number of aliphatic hydroxyl groups is 1. The number of nitrogens with one attached hydrogen (secondary N) is 1. The number of benzene rings is 2. The van der Waals surface area contributed by atoms with Crippen LogP contribution < -0.4 is 21.5 Å². The van der Waals surface area contributed by atoms with Gasteiger partial charge in [0.15, 0.2) is 0 Å². The van der Waals surface area contributed by atoms with Crippen LogP contribution in [0.5, 0.6) is 5.75 Å². The molecule has 0 aliphatic rings. The lowest BCUT2D eigenvalue weighted by atomic mass is 10.1. The summed E-state index contributed by atoms with van der Waals surface area (Å²) >= 11 is 1.26. The number of aromatic nitrogens is 1. The molecule has 3 unspecified atom stereocenters. The lowest BCUT2D eigenvalue weighted by molar-refractivity contribution is -0.122. The summed E-state index contributed by atoms with van der Waals surface area (Å²) in [6.45, 7) is 1.87. The Kier molecular flexibility index (Phi) is 7.93. The summed E-state index contributed by atoms with van der Waals surface area (Å²) in [5, 5.41) is 14.1. The standard InChI is InChI=1S/C23H26N4O4S/c1-14(28)20(21(25)29)27-22(30)19-13-32-23(26-19)18(24)11-15-7-9-17(10-8-15)31-12-16-5-3-2-4-6-16/h2-10,13-14,18,20,28H,11-12,24H2,1H3,(H2,25,29)(H,27,30). The molecule has 0 saturated heterocycles. The molecule has 168 valence electrons. The van der Waals surface area contributed by atoms with Gasteiger partial charge in [-0.05, 0) is 36.6 Å². The van der Waals surface area contributed by atoms with Crippen LogP contribution in [0.25, 0.3) is 0 Å². The van der Waals surface area contributed by atoms with Gasteiger partial charge in [0.2, 0.25) is 5.91 Å². The Morgan fingerprint density at radius 2 is 1.81 bits per heavy atom. The maximum absolute atomic E-state index is 12.3. The number of nitrogens with two attached hydrogens (primary N) is 2. The van der Waals surface area contributed by atoms with Crippen molar-refractivity contribution >= 4 is 23.2 Å². The van der Waals surface area contributed by atoms with Gasteiger partial charge in [0.1, 0.15) is 29.1 Å². The normalized spacial score (nSPS) is 13.7. The fourth-order valence-corrected chi connectivity index (χ4v) is 3.81. The first kappa shape index (κ1) is 23.4. The second-order valence-corrected chi connectivity index (χ2v) is 8.28. The monoisotopic (exact) mass is 454 g/mol. The van der Waals surface area contributed by atoms with E-state index in [0.29, 0.717) is 18.0 Å². The topological polar surface area (TPSA) is 141 Å². The van der Waals surface area contributed by atoms with Gasteiger partial charge in [-0.15, -0.1) is 11.3 Å². The summed E-state index contributed by atoms with van der Waals surface area (Å²) in [6, 6.07) is 16.0. The molecule has 1 heterocycles. The quantitative estimate of drug-likeness (QED) is 0.369. The molecule has 3 atom stereocenters. The van der Waals surface area contributed by atoms with E-state index in [1.165, 1.54) is 18.3 Å². The highest BCUT2D eigenvalue weighted by molar-refractivity contribution is 7.09. The Balaban J connectivity index is 1.55. The SMILES string of the molecule is CC(O)C(NC(=O)c1csc(C(N)Cc2ccc(OCc3ccccc3)cc2)n1)C(N)=O. The van der Waals surface area contributed by atoms with E-state index in [2.05, 4.69) is 10.3 Å². The van der Waals surface area contributed by atoms with Crippen molar-refractivity contribution in [1.29, 1.82) is 0 Å². The van der Waals surface area contributed by atoms with Crippen LogP contribution in [0.2, 0.25) is 0 Å². The van der Waals surface area contributed by atoms with Crippen molar-refractivity contribution in [3.63, 3.8) is 0 Å². The zero-order valence-corrected chi connectivity index (χ0v) is 18.4. The van der Waals surface area contributed by atoms with Crippen LogP contribution in [0.15, 0.2) is 60.0 Å². The molecule has 0 bridgehead atoms. The molecule has 0 aliphatic carbocycles. The summed E-state index contributed by atoms with van der Waals surface area (Å²) in [7, 11) is 0. The summed E-state index contributed by atoms with van der Waals surface area (Å²) in [4.78, 5) is 28.0. The van der Waals surface area contributed by atoms with Gasteiger partial charge in [-0.1, -0.05) is 42.5 Å². The van der Waals surface area contributed by atoms with E-state index < -0.39 is 30.0 Å². The second-order valence-electron chi connectivity index (χ2n) is 7.39. The highest BCUT2D eigenvalue weighted by Gasteiger charge is 2.25. The minimum Gasteiger partial charge on any atom is -0.489 e.